The average molecular weight is 815 g/mol. The molecule has 2 atom stereocenters. The zero-order valence-electron chi connectivity index (χ0n) is 31.4. The standard InChI is InChI=1S/C38H49F3N2O14/c39-38(40,41)32-4-2-1-3-30(32)33-23-27-5-6-28(24-31(27)35(45)42-33)43-26-29(57-37(43)48)25-34(36(46)47)56-22-21-55-20-19-54-18-17-53-16-15-52-14-13-51-12-11-50-10-9-49-8-7-44/h1-6,23-24,29,34,44H,7-22,25-26H2,(H,42,45)(H,46,47)/t29?,34-/m0/s1. The van der Waals surface area contributed by atoms with Crippen LogP contribution in [0.15, 0.2) is 53.3 Å². The molecule has 3 aromatic rings. The molecule has 4 rings (SSSR count). The zero-order valence-corrected chi connectivity index (χ0v) is 31.4. The van der Waals surface area contributed by atoms with Crippen molar-refractivity contribution in [2.75, 3.05) is 117 Å². The van der Waals surface area contributed by atoms with Crippen LogP contribution in [0.5, 0.6) is 0 Å². The number of carbonyl (C=O) groups is 2. The molecule has 1 unspecified atom stereocenters. The number of cyclic esters (lactones) is 1. The van der Waals surface area contributed by atoms with E-state index in [1.807, 2.05) is 0 Å². The smallest absolute Gasteiger partial charge is 0.417 e. The van der Waals surface area contributed by atoms with Crippen LogP contribution in [0.2, 0.25) is 0 Å². The van der Waals surface area contributed by atoms with Crippen LogP contribution in [0.3, 0.4) is 0 Å². The Morgan fingerprint density at radius 1 is 0.772 bits per heavy atom. The number of aliphatic carboxylic acids is 1. The van der Waals surface area contributed by atoms with Crippen LogP contribution in [0.1, 0.15) is 12.0 Å². The van der Waals surface area contributed by atoms with E-state index >= 15 is 0 Å². The topological polar surface area (TPSA) is 194 Å². The number of nitrogens with one attached hydrogen (secondary N) is 1. The lowest BCUT2D eigenvalue weighted by molar-refractivity contribution is -0.153. The highest BCUT2D eigenvalue weighted by atomic mass is 19.4. The summed E-state index contributed by atoms with van der Waals surface area (Å²) in [5, 5.41) is 18.8. The highest BCUT2D eigenvalue weighted by Crippen LogP contribution is 2.37. The second kappa shape index (κ2) is 24.6. The van der Waals surface area contributed by atoms with Crippen LogP contribution in [0.25, 0.3) is 22.0 Å². The molecule has 1 aliphatic rings. The van der Waals surface area contributed by atoms with Crippen LogP contribution in [-0.4, -0.2) is 152 Å². The molecule has 0 saturated carbocycles. The van der Waals surface area contributed by atoms with Crippen molar-refractivity contribution in [2.45, 2.75) is 24.8 Å². The second-order valence-electron chi connectivity index (χ2n) is 12.4. The van der Waals surface area contributed by atoms with Gasteiger partial charge >= 0.3 is 18.2 Å². The summed E-state index contributed by atoms with van der Waals surface area (Å²) in [6, 6.07) is 10.8. The van der Waals surface area contributed by atoms with Gasteiger partial charge in [0.1, 0.15) is 6.10 Å². The van der Waals surface area contributed by atoms with Crippen molar-refractivity contribution in [3.63, 3.8) is 0 Å². The first-order valence-corrected chi connectivity index (χ1v) is 18.4. The minimum Gasteiger partial charge on any atom is -0.479 e. The minimum absolute atomic E-state index is 0.0100. The molecule has 0 bridgehead atoms. The maximum Gasteiger partial charge on any atom is 0.417 e. The normalized spacial score (nSPS) is 15.1. The fraction of sp³-hybridized carbons (Fsp3) is 0.553. The van der Waals surface area contributed by atoms with Crippen molar-refractivity contribution >= 4 is 28.5 Å². The Bertz CT molecular complexity index is 1730. The quantitative estimate of drug-likeness (QED) is 0.0863. The molecule has 0 radical (unpaired) electrons. The van der Waals surface area contributed by atoms with Gasteiger partial charge in [0, 0.05) is 28.8 Å². The van der Waals surface area contributed by atoms with Crippen LogP contribution >= 0.6 is 0 Å². The molecular formula is C38H49F3N2O14. The van der Waals surface area contributed by atoms with E-state index in [0.717, 1.165) is 6.07 Å². The number of aliphatic hydroxyl groups excluding tert-OH is 1. The molecule has 1 aliphatic heterocycles. The molecule has 316 valence electrons. The summed E-state index contributed by atoms with van der Waals surface area (Å²) in [4.78, 5) is 41.4. The number of halogens is 3. The first-order valence-electron chi connectivity index (χ1n) is 18.4. The number of ether oxygens (including phenoxy) is 9. The largest absolute Gasteiger partial charge is 0.479 e. The third-order valence-corrected chi connectivity index (χ3v) is 8.30. The maximum absolute atomic E-state index is 13.6. The lowest BCUT2D eigenvalue weighted by Crippen LogP contribution is -2.32. The number of amides is 1. The van der Waals surface area contributed by atoms with Crippen LogP contribution in [0, 0.1) is 0 Å². The van der Waals surface area contributed by atoms with Crippen molar-refractivity contribution in [1.29, 1.82) is 0 Å². The van der Waals surface area contributed by atoms with E-state index in [9.17, 15) is 32.7 Å². The lowest BCUT2D eigenvalue weighted by atomic mass is 10.0. The fourth-order valence-corrected chi connectivity index (χ4v) is 5.60. The highest BCUT2D eigenvalue weighted by Gasteiger charge is 2.36. The SMILES string of the molecule is O=C(O)[C@H](CC1CN(c2ccc3cc(-c4ccccc4C(F)(F)F)[nH]c(=O)c3c2)C(=O)O1)OCCOCCOCCOCCOCCOCCOCCOCCO. The predicted molar refractivity (Wildman–Crippen MR) is 197 cm³/mol. The molecule has 19 heteroatoms. The molecule has 1 fully saturated rings. The van der Waals surface area contributed by atoms with Crippen LogP contribution < -0.4 is 10.5 Å². The van der Waals surface area contributed by atoms with Gasteiger partial charge in [0.2, 0.25) is 0 Å². The Labute approximate surface area is 326 Å². The number of hydrogen-bond donors (Lipinski definition) is 3. The number of anilines is 1. The number of hydrogen-bond acceptors (Lipinski definition) is 13. The number of H-pyrrole nitrogens is 1. The predicted octanol–water partition coefficient (Wildman–Crippen LogP) is 3.51. The molecule has 16 nitrogen and oxygen atoms in total. The van der Waals surface area contributed by atoms with E-state index in [4.69, 9.17) is 47.7 Å². The van der Waals surface area contributed by atoms with Gasteiger partial charge in [-0.2, -0.15) is 13.2 Å². The number of benzene rings is 2. The number of aliphatic hydroxyl groups is 1. The molecule has 0 aliphatic carbocycles. The van der Waals surface area contributed by atoms with Crippen molar-refractivity contribution in [2.24, 2.45) is 0 Å². The molecule has 1 saturated heterocycles. The lowest BCUT2D eigenvalue weighted by Gasteiger charge is -2.17. The van der Waals surface area contributed by atoms with E-state index < -0.39 is 41.6 Å². The molecular weight excluding hydrogens is 765 g/mol. The second-order valence-corrected chi connectivity index (χ2v) is 12.4. The Kier molecular flexibility index (Phi) is 19.6. The number of carbonyl (C=O) groups excluding carboxylic acids is 1. The van der Waals surface area contributed by atoms with E-state index in [-0.39, 0.29) is 56.0 Å². The van der Waals surface area contributed by atoms with E-state index in [1.54, 1.807) is 0 Å². The minimum atomic E-state index is -4.63. The first kappa shape index (κ1) is 45.5. The van der Waals surface area contributed by atoms with Crippen LogP contribution in [-0.2, 0) is 53.6 Å². The molecule has 2 heterocycles. The van der Waals surface area contributed by atoms with Gasteiger partial charge in [0.05, 0.1) is 118 Å². The van der Waals surface area contributed by atoms with E-state index in [1.165, 1.54) is 47.4 Å². The van der Waals surface area contributed by atoms with Crippen molar-refractivity contribution in [3.05, 3.63) is 64.4 Å². The Balaban J connectivity index is 1.06. The third kappa shape index (κ3) is 15.6. The summed E-state index contributed by atoms with van der Waals surface area (Å²) in [6.07, 6.45) is -7.65. The van der Waals surface area contributed by atoms with Gasteiger partial charge in [-0.1, -0.05) is 24.3 Å². The number of pyridine rings is 1. The molecule has 0 spiro atoms. The van der Waals surface area contributed by atoms with E-state index in [0.29, 0.717) is 90.4 Å². The van der Waals surface area contributed by atoms with Crippen molar-refractivity contribution in [3.8, 4) is 11.3 Å². The maximum atomic E-state index is 13.6. The Hall–Kier alpha value is -4.18. The molecule has 3 N–H and O–H groups in total. The van der Waals surface area contributed by atoms with Gasteiger partial charge in [-0.05, 0) is 29.7 Å². The number of nitrogens with zero attached hydrogens (tertiary/aromatic N) is 1. The van der Waals surface area contributed by atoms with Gasteiger partial charge in [0.15, 0.2) is 6.10 Å². The number of alkyl halides is 3. The number of aromatic amines is 1. The summed E-state index contributed by atoms with van der Waals surface area (Å²) in [5.41, 5.74) is -1.44. The average Bonchev–Trinajstić information content (AvgIpc) is 3.56. The molecule has 2 aromatic carbocycles. The number of carboxylic acid groups (broad SMARTS) is 1. The molecule has 57 heavy (non-hydrogen) atoms. The monoisotopic (exact) mass is 814 g/mol. The summed E-state index contributed by atoms with van der Waals surface area (Å²) < 4.78 is 89.2. The van der Waals surface area contributed by atoms with Crippen LogP contribution in [0.4, 0.5) is 23.7 Å². The third-order valence-electron chi connectivity index (χ3n) is 8.30. The molecule has 1 aromatic heterocycles. The van der Waals surface area contributed by atoms with Gasteiger partial charge < -0.3 is 57.8 Å². The van der Waals surface area contributed by atoms with Gasteiger partial charge in [-0.3, -0.25) is 9.69 Å². The first-order chi connectivity index (χ1) is 27.6. The summed E-state index contributed by atoms with van der Waals surface area (Å²) in [6.45, 7) is 5.04. The summed E-state index contributed by atoms with van der Waals surface area (Å²) >= 11 is 0. The zero-order chi connectivity index (χ0) is 40.9. The van der Waals surface area contributed by atoms with Crippen molar-refractivity contribution < 1.29 is 75.6 Å². The number of fused-ring (bicyclic) bond motifs is 1. The number of rotatable bonds is 29. The summed E-state index contributed by atoms with van der Waals surface area (Å²) in [7, 11) is 0. The Morgan fingerprint density at radius 3 is 1.82 bits per heavy atom. The summed E-state index contributed by atoms with van der Waals surface area (Å²) in [5.74, 6) is -1.24. The van der Waals surface area contributed by atoms with E-state index in [2.05, 4.69) is 4.98 Å². The number of carboxylic acids is 1. The van der Waals surface area contributed by atoms with Crippen molar-refractivity contribution in [1.82, 2.24) is 4.98 Å². The van der Waals surface area contributed by atoms with Gasteiger partial charge in [-0.25, -0.2) is 9.59 Å². The fourth-order valence-electron chi connectivity index (χ4n) is 5.60. The highest BCUT2D eigenvalue weighted by molar-refractivity contribution is 5.95. The van der Waals surface area contributed by atoms with Gasteiger partial charge in [-0.15, -0.1) is 0 Å². The van der Waals surface area contributed by atoms with Gasteiger partial charge in [0.25, 0.3) is 5.56 Å². The number of aromatic nitrogens is 1. The molecule has 1 amide bonds. The Morgan fingerprint density at radius 2 is 1.30 bits per heavy atom.